The van der Waals surface area contributed by atoms with Gasteiger partial charge in [0.2, 0.25) is 21.8 Å². The van der Waals surface area contributed by atoms with E-state index in [2.05, 4.69) is 5.32 Å². The third-order valence-corrected chi connectivity index (χ3v) is 6.02. The smallest absolute Gasteiger partial charge is 0.244 e. The third kappa shape index (κ3) is 7.49. The predicted molar refractivity (Wildman–Crippen MR) is 130 cm³/mol. The molecule has 0 heterocycles. The van der Waals surface area contributed by atoms with Gasteiger partial charge >= 0.3 is 0 Å². The molecule has 2 amide bonds. The van der Waals surface area contributed by atoms with Crippen molar-refractivity contribution in [2.75, 3.05) is 24.2 Å². The Kier molecular flexibility index (Phi) is 8.49. The number of para-hydroxylation sites is 2. The molecule has 1 atom stereocenters. The van der Waals surface area contributed by atoms with E-state index >= 15 is 0 Å². The van der Waals surface area contributed by atoms with E-state index in [0.29, 0.717) is 5.75 Å². The summed E-state index contributed by atoms with van der Waals surface area (Å²) in [7, 11) is -2.39. The van der Waals surface area contributed by atoms with Crippen LogP contribution in [0.1, 0.15) is 33.3 Å². The van der Waals surface area contributed by atoms with Crippen LogP contribution < -0.4 is 14.4 Å². The number of amides is 2. The van der Waals surface area contributed by atoms with Crippen molar-refractivity contribution >= 4 is 27.5 Å². The molecular weight excluding hydrogens is 442 g/mol. The predicted octanol–water partition coefficient (Wildman–Crippen LogP) is 2.79. The highest BCUT2D eigenvalue weighted by Crippen LogP contribution is 2.29. The topological polar surface area (TPSA) is 96.0 Å². The molecule has 0 bridgehead atoms. The summed E-state index contributed by atoms with van der Waals surface area (Å²) in [5, 5.41) is 2.89. The van der Waals surface area contributed by atoms with Crippen molar-refractivity contribution in [2.45, 2.75) is 45.8 Å². The molecule has 9 heteroatoms. The van der Waals surface area contributed by atoms with Gasteiger partial charge in [0.25, 0.3) is 0 Å². The molecule has 0 saturated carbocycles. The van der Waals surface area contributed by atoms with Crippen LogP contribution in [-0.2, 0) is 26.2 Å². The SMILES string of the molecule is COc1ccccc1N(CC(=O)N(Cc1ccccc1)[C@H](C)C(=O)NC(C)(C)C)S(C)(=O)=O. The summed E-state index contributed by atoms with van der Waals surface area (Å²) >= 11 is 0. The molecule has 0 unspecified atom stereocenters. The lowest BCUT2D eigenvalue weighted by atomic mass is 10.1. The number of nitrogens with zero attached hydrogens (tertiary/aromatic N) is 2. The number of carbonyl (C=O) groups excluding carboxylic acids is 2. The Balaban J connectivity index is 2.41. The summed E-state index contributed by atoms with van der Waals surface area (Å²) in [6.45, 7) is 6.88. The maximum atomic E-state index is 13.5. The minimum atomic E-state index is -3.82. The van der Waals surface area contributed by atoms with Gasteiger partial charge in [-0.05, 0) is 45.4 Å². The quantitative estimate of drug-likeness (QED) is 0.602. The Morgan fingerprint density at radius 3 is 2.15 bits per heavy atom. The first-order valence-electron chi connectivity index (χ1n) is 10.6. The van der Waals surface area contributed by atoms with Crippen molar-refractivity contribution < 1.29 is 22.7 Å². The lowest BCUT2D eigenvalue weighted by Crippen LogP contribution is -2.54. The standard InChI is InChI=1S/C24H33N3O5S/c1-18(23(29)25-24(2,3)4)26(16-19-12-8-7-9-13-19)22(28)17-27(33(6,30)31)20-14-10-11-15-21(20)32-5/h7-15,18H,16-17H2,1-6H3,(H,25,29)/t18-/m1/s1. The number of carbonyl (C=O) groups is 2. The molecule has 0 fully saturated rings. The van der Waals surface area contributed by atoms with Gasteiger partial charge in [0.05, 0.1) is 19.1 Å². The fourth-order valence-electron chi connectivity index (χ4n) is 3.27. The molecule has 8 nitrogen and oxygen atoms in total. The van der Waals surface area contributed by atoms with Crippen molar-refractivity contribution in [1.29, 1.82) is 0 Å². The van der Waals surface area contributed by atoms with Crippen molar-refractivity contribution in [3.05, 3.63) is 60.2 Å². The summed E-state index contributed by atoms with van der Waals surface area (Å²) in [5.74, 6) is -0.509. The first-order valence-corrected chi connectivity index (χ1v) is 12.4. The molecule has 0 saturated heterocycles. The Hall–Kier alpha value is -3.07. The minimum Gasteiger partial charge on any atom is -0.495 e. The largest absolute Gasteiger partial charge is 0.495 e. The van der Waals surface area contributed by atoms with Gasteiger partial charge in [0.15, 0.2) is 0 Å². The van der Waals surface area contributed by atoms with Crippen molar-refractivity contribution in [3.8, 4) is 5.75 Å². The normalized spacial score (nSPS) is 12.5. The average Bonchev–Trinajstić information content (AvgIpc) is 2.74. The van der Waals surface area contributed by atoms with Crippen molar-refractivity contribution in [3.63, 3.8) is 0 Å². The zero-order chi connectivity index (χ0) is 24.8. The van der Waals surface area contributed by atoms with Crippen LogP contribution in [0.3, 0.4) is 0 Å². The molecule has 0 aromatic heterocycles. The molecule has 180 valence electrons. The van der Waals surface area contributed by atoms with E-state index in [1.165, 1.54) is 12.0 Å². The number of ether oxygens (including phenoxy) is 1. The minimum absolute atomic E-state index is 0.155. The number of anilines is 1. The summed E-state index contributed by atoms with van der Waals surface area (Å²) in [6, 6.07) is 15.0. The molecule has 0 aliphatic heterocycles. The van der Waals surface area contributed by atoms with Gasteiger partial charge < -0.3 is 15.0 Å². The highest BCUT2D eigenvalue weighted by Gasteiger charge is 2.32. The molecular formula is C24H33N3O5S. The number of benzene rings is 2. The average molecular weight is 476 g/mol. The highest BCUT2D eigenvalue weighted by atomic mass is 32.2. The van der Waals surface area contributed by atoms with Gasteiger partial charge in [-0.1, -0.05) is 42.5 Å². The van der Waals surface area contributed by atoms with Crippen LogP contribution in [-0.4, -0.2) is 56.6 Å². The number of nitrogens with one attached hydrogen (secondary N) is 1. The van der Waals surface area contributed by atoms with Crippen LogP contribution in [0.25, 0.3) is 0 Å². The third-order valence-electron chi connectivity index (χ3n) is 4.89. The van der Waals surface area contributed by atoms with E-state index in [0.717, 1.165) is 16.1 Å². The van der Waals surface area contributed by atoms with Crippen molar-refractivity contribution in [2.24, 2.45) is 0 Å². The molecule has 33 heavy (non-hydrogen) atoms. The van der Waals surface area contributed by atoms with Gasteiger partial charge in [0, 0.05) is 12.1 Å². The highest BCUT2D eigenvalue weighted by molar-refractivity contribution is 7.92. The molecule has 0 spiro atoms. The molecule has 1 N–H and O–H groups in total. The first-order chi connectivity index (χ1) is 15.3. The lowest BCUT2D eigenvalue weighted by molar-refractivity contribution is -0.140. The van der Waals surface area contributed by atoms with Crippen LogP contribution >= 0.6 is 0 Å². The first kappa shape index (κ1) is 26.2. The fraction of sp³-hybridized carbons (Fsp3) is 0.417. The lowest BCUT2D eigenvalue weighted by Gasteiger charge is -2.33. The maximum absolute atomic E-state index is 13.5. The zero-order valence-corrected chi connectivity index (χ0v) is 20.8. The maximum Gasteiger partial charge on any atom is 0.244 e. The monoisotopic (exact) mass is 475 g/mol. The van der Waals surface area contributed by atoms with E-state index in [1.807, 2.05) is 51.1 Å². The number of hydrogen-bond donors (Lipinski definition) is 1. The molecule has 2 aromatic carbocycles. The van der Waals surface area contributed by atoms with E-state index in [4.69, 9.17) is 4.74 Å². The van der Waals surface area contributed by atoms with E-state index in [-0.39, 0.29) is 18.1 Å². The van der Waals surface area contributed by atoms with Crippen LogP contribution in [0.4, 0.5) is 5.69 Å². The summed E-state index contributed by atoms with van der Waals surface area (Å²) < 4.78 is 31.6. The second kappa shape index (κ2) is 10.7. The Labute approximate surface area is 196 Å². The second-order valence-corrected chi connectivity index (χ2v) is 10.8. The molecule has 0 aliphatic rings. The number of hydrogen-bond acceptors (Lipinski definition) is 5. The van der Waals surface area contributed by atoms with E-state index in [9.17, 15) is 18.0 Å². The summed E-state index contributed by atoms with van der Waals surface area (Å²) in [4.78, 5) is 27.8. The van der Waals surface area contributed by atoms with Gasteiger partial charge in [-0.15, -0.1) is 0 Å². The van der Waals surface area contributed by atoms with Crippen LogP contribution in [0.5, 0.6) is 5.75 Å². The summed E-state index contributed by atoms with van der Waals surface area (Å²) in [6.07, 6.45) is 1.03. The Morgan fingerprint density at radius 1 is 1.03 bits per heavy atom. The van der Waals surface area contributed by atoms with Gasteiger partial charge in [-0.25, -0.2) is 8.42 Å². The number of rotatable bonds is 9. The van der Waals surface area contributed by atoms with Crippen LogP contribution in [0.15, 0.2) is 54.6 Å². The molecule has 0 radical (unpaired) electrons. The van der Waals surface area contributed by atoms with Gasteiger partial charge in [0.1, 0.15) is 18.3 Å². The Morgan fingerprint density at radius 2 is 1.61 bits per heavy atom. The second-order valence-electron chi connectivity index (χ2n) is 8.86. The molecule has 2 rings (SSSR count). The van der Waals surface area contributed by atoms with E-state index in [1.54, 1.807) is 31.2 Å². The van der Waals surface area contributed by atoms with Crippen molar-refractivity contribution in [1.82, 2.24) is 10.2 Å². The zero-order valence-electron chi connectivity index (χ0n) is 20.0. The number of methoxy groups -OCH3 is 1. The molecule has 0 aliphatic carbocycles. The fourth-order valence-corrected chi connectivity index (χ4v) is 4.12. The van der Waals surface area contributed by atoms with E-state index < -0.39 is 34.1 Å². The van der Waals surface area contributed by atoms with Crippen LogP contribution in [0.2, 0.25) is 0 Å². The Bertz CT molecular complexity index is 1070. The van der Waals surface area contributed by atoms with Crippen LogP contribution in [0, 0.1) is 0 Å². The van der Waals surface area contributed by atoms with Gasteiger partial charge in [-0.2, -0.15) is 0 Å². The summed E-state index contributed by atoms with van der Waals surface area (Å²) in [5.41, 5.74) is 0.593. The van der Waals surface area contributed by atoms with Gasteiger partial charge in [-0.3, -0.25) is 13.9 Å². The number of sulfonamides is 1. The molecule has 2 aromatic rings.